The number of likely N-dealkylation sites (tertiary alicyclic amines) is 1. The molecule has 166 valence electrons. The molecule has 8 nitrogen and oxygen atoms in total. The zero-order valence-electron chi connectivity index (χ0n) is 17.4. The van der Waals surface area contributed by atoms with Crippen molar-refractivity contribution in [1.29, 1.82) is 0 Å². The summed E-state index contributed by atoms with van der Waals surface area (Å²) in [7, 11) is 0. The molecule has 2 amide bonds. The minimum absolute atomic E-state index is 0.0999. The van der Waals surface area contributed by atoms with Gasteiger partial charge in [-0.2, -0.15) is 4.98 Å². The number of halogens is 1. The molecule has 1 fully saturated rings. The molecule has 0 radical (unpaired) electrons. The van der Waals surface area contributed by atoms with Crippen molar-refractivity contribution < 1.29 is 18.5 Å². The van der Waals surface area contributed by atoms with Gasteiger partial charge in [-0.25, -0.2) is 0 Å². The summed E-state index contributed by atoms with van der Waals surface area (Å²) in [5.74, 6) is 0.414. The van der Waals surface area contributed by atoms with E-state index in [4.69, 9.17) is 20.5 Å². The lowest BCUT2D eigenvalue weighted by atomic mass is 10.0. The molecule has 3 heterocycles. The lowest BCUT2D eigenvalue weighted by molar-refractivity contribution is -0.136. The number of hydrogen-bond donors (Lipinski definition) is 0. The first-order chi connectivity index (χ1) is 15.6. The summed E-state index contributed by atoms with van der Waals surface area (Å²) >= 11 is 6.07. The molecule has 0 aliphatic carbocycles. The Labute approximate surface area is 190 Å². The van der Waals surface area contributed by atoms with E-state index in [2.05, 4.69) is 16.7 Å². The summed E-state index contributed by atoms with van der Waals surface area (Å²) in [4.78, 5) is 33.6. The third-order valence-corrected chi connectivity index (χ3v) is 5.56. The summed E-state index contributed by atoms with van der Waals surface area (Å²) < 4.78 is 10.7. The molecule has 4 rings (SSSR count). The van der Waals surface area contributed by atoms with E-state index in [1.54, 1.807) is 35.2 Å². The minimum atomic E-state index is -0.363. The number of aromatic nitrogens is 2. The van der Waals surface area contributed by atoms with Crippen LogP contribution in [0.25, 0.3) is 11.4 Å². The van der Waals surface area contributed by atoms with Crippen LogP contribution in [-0.4, -0.2) is 51.4 Å². The number of hydrogen-bond acceptors (Lipinski definition) is 6. The van der Waals surface area contributed by atoms with Gasteiger partial charge in [0.1, 0.15) is 12.6 Å². The molecular formula is C23H23ClN4O4. The van der Waals surface area contributed by atoms with Gasteiger partial charge >= 0.3 is 0 Å². The molecule has 32 heavy (non-hydrogen) atoms. The Bertz CT molecular complexity index is 1100. The highest BCUT2D eigenvalue weighted by Gasteiger charge is 2.33. The Morgan fingerprint density at radius 3 is 2.91 bits per heavy atom. The first kappa shape index (κ1) is 21.8. The smallest absolute Gasteiger partial charge is 0.290 e. The number of carbonyl (C=O) groups is 2. The number of benzene rings is 1. The third kappa shape index (κ3) is 4.75. The van der Waals surface area contributed by atoms with E-state index in [9.17, 15) is 9.59 Å². The normalized spacial score (nSPS) is 16.0. The lowest BCUT2D eigenvalue weighted by Gasteiger charge is -2.34. The van der Waals surface area contributed by atoms with Crippen molar-refractivity contribution in [3.63, 3.8) is 0 Å². The molecule has 1 aliphatic rings. The quantitative estimate of drug-likeness (QED) is 0.492. The van der Waals surface area contributed by atoms with Crippen molar-refractivity contribution in [3.8, 4) is 11.4 Å². The Kier molecular flexibility index (Phi) is 6.70. The monoisotopic (exact) mass is 454 g/mol. The van der Waals surface area contributed by atoms with Gasteiger partial charge in [0.15, 0.2) is 5.76 Å². The second-order valence-electron chi connectivity index (χ2n) is 7.52. The molecule has 0 bridgehead atoms. The summed E-state index contributed by atoms with van der Waals surface area (Å²) in [6.07, 6.45) is 5.51. The Morgan fingerprint density at radius 2 is 2.16 bits per heavy atom. The fourth-order valence-corrected chi connectivity index (χ4v) is 3.98. The van der Waals surface area contributed by atoms with Crippen molar-refractivity contribution in [2.45, 2.75) is 25.3 Å². The second-order valence-corrected chi connectivity index (χ2v) is 7.95. The number of furan rings is 1. The zero-order valence-corrected chi connectivity index (χ0v) is 18.2. The molecule has 0 saturated carbocycles. The summed E-state index contributed by atoms with van der Waals surface area (Å²) in [5.41, 5.74) is 0.738. The van der Waals surface area contributed by atoms with Crippen LogP contribution in [0.2, 0.25) is 5.02 Å². The van der Waals surface area contributed by atoms with Crippen LogP contribution in [-0.2, 0) is 4.79 Å². The number of nitrogens with zero attached hydrogens (tertiary/aromatic N) is 4. The van der Waals surface area contributed by atoms with Crippen molar-refractivity contribution >= 4 is 23.4 Å². The standard InChI is InChI=1S/C23H23ClN4O4/c1-2-11-27(23(30)19-10-6-13-31-19)15-20(29)28-12-4-3-9-18(28)22-25-21(26-32-22)16-7-5-8-17(24)14-16/h2,5-8,10,13-14,18H,1,3-4,9,11-12,15H2. The van der Waals surface area contributed by atoms with Crippen LogP contribution in [0.5, 0.6) is 0 Å². The molecule has 1 atom stereocenters. The van der Waals surface area contributed by atoms with Crippen LogP contribution < -0.4 is 0 Å². The second kappa shape index (κ2) is 9.82. The Hall–Kier alpha value is -3.39. The van der Waals surface area contributed by atoms with Crippen molar-refractivity contribution in [2.24, 2.45) is 0 Å². The maximum Gasteiger partial charge on any atom is 0.290 e. The number of rotatable bonds is 7. The van der Waals surface area contributed by atoms with Gasteiger partial charge in [-0.1, -0.05) is 35.0 Å². The van der Waals surface area contributed by atoms with Gasteiger partial charge in [0.05, 0.1) is 6.26 Å². The van der Waals surface area contributed by atoms with Crippen molar-refractivity contribution in [2.75, 3.05) is 19.6 Å². The van der Waals surface area contributed by atoms with Gasteiger partial charge in [0, 0.05) is 23.7 Å². The van der Waals surface area contributed by atoms with Gasteiger partial charge in [-0.3, -0.25) is 9.59 Å². The lowest BCUT2D eigenvalue weighted by Crippen LogP contribution is -2.46. The minimum Gasteiger partial charge on any atom is -0.459 e. The largest absolute Gasteiger partial charge is 0.459 e. The highest BCUT2D eigenvalue weighted by atomic mass is 35.5. The molecule has 1 unspecified atom stereocenters. The molecule has 2 aromatic heterocycles. The predicted octanol–water partition coefficient (Wildman–Crippen LogP) is 4.37. The Balaban J connectivity index is 1.52. The average Bonchev–Trinajstić information content (AvgIpc) is 3.51. The predicted molar refractivity (Wildman–Crippen MR) is 118 cm³/mol. The summed E-state index contributed by atoms with van der Waals surface area (Å²) in [6, 6.07) is 10.0. The first-order valence-corrected chi connectivity index (χ1v) is 10.8. The van der Waals surface area contributed by atoms with E-state index in [1.807, 2.05) is 12.1 Å². The van der Waals surface area contributed by atoms with E-state index >= 15 is 0 Å². The molecule has 9 heteroatoms. The highest BCUT2D eigenvalue weighted by molar-refractivity contribution is 6.30. The van der Waals surface area contributed by atoms with E-state index in [0.717, 1.165) is 18.4 Å². The van der Waals surface area contributed by atoms with Crippen LogP contribution in [0.3, 0.4) is 0 Å². The number of piperidine rings is 1. The fourth-order valence-electron chi connectivity index (χ4n) is 3.79. The van der Waals surface area contributed by atoms with Crippen molar-refractivity contribution in [1.82, 2.24) is 19.9 Å². The molecule has 1 saturated heterocycles. The van der Waals surface area contributed by atoms with Crippen LogP contribution in [0.4, 0.5) is 0 Å². The van der Waals surface area contributed by atoms with Crippen molar-refractivity contribution in [3.05, 3.63) is 72.0 Å². The van der Waals surface area contributed by atoms with Crippen LogP contribution in [0, 0.1) is 0 Å². The molecular weight excluding hydrogens is 432 g/mol. The summed E-state index contributed by atoms with van der Waals surface area (Å²) in [6.45, 7) is 4.37. The molecule has 0 N–H and O–H groups in total. The highest BCUT2D eigenvalue weighted by Crippen LogP contribution is 2.31. The van der Waals surface area contributed by atoms with Crippen LogP contribution >= 0.6 is 11.6 Å². The van der Waals surface area contributed by atoms with E-state index < -0.39 is 0 Å². The number of amides is 2. The van der Waals surface area contributed by atoms with Gasteiger partial charge in [0.2, 0.25) is 17.6 Å². The fraction of sp³-hybridized carbons (Fsp3) is 0.304. The average molecular weight is 455 g/mol. The van der Waals surface area contributed by atoms with Gasteiger partial charge in [-0.15, -0.1) is 6.58 Å². The molecule has 1 aromatic carbocycles. The molecule has 0 spiro atoms. The van der Waals surface area contributed by atoms with Crippen LogP contribution in [0.15, 0.2) is 64.3 Å². The zero-order chi connectivity index (χ0) is 22.5. The van der Waals surface area contributed by atoms with Crippen LogP contribution in [0.1, 0.15) is 41.7 Å². The first-order valence-electron chi connectivity index (χ1n) is 10.4. The third-order valence-electron chi connectivity index (χ3n) is 5.33. The summed E-state index contributed by atoms with van der Waals surface area (Å²) in [5, 5.41) is 4.65. The van der Waals surface area contributed by atoms with E-state index in [1.165, 1.54) is 11.2 Å². The van der Waals surface area contributed by atoms with E-state index in [-0.39, 0.29) is 36.7 Å². The molecule has 1 aliphatic heterocycles. The van der Waals surface area contributed by atoms with Gasteiger partial charge < -0.3 is 18.7 Å². The SMILES string of the molecule is C=CCN(CC(=O)N1CCCCC1c1nc(-c2cccc(Cl)c2)no1)C(=O)c1ccco1. The van der Waals surface area contributed by atoms with Gasteiger partial charge in [0.25, 0.3) is 5.91 Å². The maximum absolute atomic E-state index is 13.2. The molecule has 3 aromatic rings. The van der Waals surface area contributed by atoms with Gasteiger partial charge in [-0.05, 0) is 43.5 Å². The number of carbonyl (C=O) groups excluding carboxylic acids is 2. The topological polar surface area (TPSA) is 92.7 Å². The Morgan fingerprint density at radius 1 is 1.28 bits per heavy atom. The maximum atomic E-state index is 13.2. The van der Waals surface area contributed by atoms with E-state index in [0.29, 0.717) is 29.7 Å².